The second-order valence-corrected chi connectivity index (χ2v) is 8.19. The number of ether oxygens (including phenoxy) is 2. The number of anilines is 1. The molecule has 1 aliphatic heterocycles. The molecule has 8 heteroatoms. The fourth-order valence-electron chi connectivity index (χ4n) is 4.32. The van der Waals surface area contributed by atoms with Gasteiger partial charge in [-0.15, -0.1) is 0 Å². The van der Waals surface area contributed by atoms with E-state index >= 15 is 0 Å². The molecule has 2 aromatic carbocycles. The quantitative estimate of drug-likeness (QED) is 0.507. The zero-order valence-corrected chi connectivity index (χ0v) is 20.1. The van der Waals surface area contributed by atoms with E-state index in [0.717, 1.165) is 17.5 Å². The standard InChI is InChI=1S/C26H32N4O4/c1-4-13-30-21-10-8-7-9-20(21)27-24(26(30)32)28-14-16-29(17-15-28)25(31)19-11-12-22(33-5-2)23(18-19)34-6-3/h7-12,18H,4-6,13-17H2,1-3H3. The summed E-state index contributed by atoms with van der Waals surface area (Å²) in [6, 6.07) is 13.0. The molecular weight excluding hydrogens is 432 g/mol. The SMILES string of the molecule is CCCn1c(=O)c(N2CCN(C(=O)c3ccc(OCC)c(OCC)c3)CC2)nc2ccccc21. The van der Waals surface area contributed by atoms with Gasteiger partial charge in [-0.3, -0.25) is 9.59 Å². The highest BCUT2D eigenvalue weighted by molar-refractivity contribution is 5.95. The van der Waals surface area contributed by atoms with Crippen LogP contribution in [-0.4, -0.2) is 59.8 Å². The van der Waals surface area contributed by atoms with Crippen molar-refractivity contribution in [2.45, 2.75) is 33.7 Å². The molecule has 0 aliphatic carbocycles. The highest BCUT2D eigenvalue weighted by Gasteiger charge is 2.26. The maximum absolute atomic E-state index is 13.2. The number of benzene rings is 2. The third-order valence-electron chi connectivity index (χ3n) is 5.94. The molecule has 0 saturated carbocycles. The van der Waals surface area contributed by atoms with Gasteiger partial charge in [0, 0.05) is 38.3 Å². The number of para-hydroxylation sites is 2. The Bertz CT molecular complexity index is 1220. The predicted octanol–water partition coefficient (Wildman–Crippen LogP) is 3.57. The summed E-state index contributed by atoms with van der Waals surface area (Å²) in [6.07, 6.45) is 0.863. The van der Waals surface area contributed by atoms with E-state index in [1.807, 2.05) is 52.5 Å². The molecule has 2 heterocycles. The molecule has 8 nitrogen and oxygen atoms in total. The first-order chi connectivity index (χ1) is 16.6. The summed E-state index contributed by atoms with van der Waals surface area (Å²) in [7, 11) is 0. The smallest absolute Gasteiger partial charge is 0.294 e. The summed E-state index contributed by atoms with van der Waals surface area (Å²) >= 11 is 0. The van der Waals surface area contributed by atoms with Crippen LogP contribution in [0.15, 0.2) is 47.3 Å². The summed E-state index contributed by atoms with van der Waals surface area (Å²) in [5.41, 5.74) is 2.15. The van der Waals surface area contributed by atoms with Gasteiger partial charge in [-0.1, -0.05) is 19.1 Å². The van der Waals surface area contributed by atoms with Crippen LogP contribution in [0, 0.1) is 0 Å². The van der Waals surface area contributed by atoms with Crippen molar-refractivity contribution in [3.63, 3.8) is 0 Å². The van der Waals surface area contributed by atoms with Gasteiger partial charge in [0.05, 0.1) is 24.2 Å². The summed E-state index contributed by atoms with van der Waals surface area (Å²) in [5.74, 6) is 1.61. The predicted molar refractivity (Wildman–Crippen MR) is 133 cm³/mol. The molecule has 0 unspecified atom stereocenters. The molecule has 1 aliphatic rings. The molecule has 0 radical (unpaired) electrons. The lowest BCUT2D eigenvalue weighted by molar-refractivity contribution is 0.0746. The van der Waals surface area contributed by atoms with Crippen LogP contribution in [0.3, 0.4) is 0 Å². The van der Waals surface area contributed by atoms with E-state index in [1.165, 1.54) is 0 Å². The van der Waals surface area contributed by atoms with Crippen molar-refractivity contribution in [2.24, 2.45) is 0 Å². The van der Waals surface area contributed by atoms with Crippen LogP contribution >= 0.6 is 0 Å². The Morgan fingerprint density at radius 3 is 2.35 bits per heavy atom. The van der Waals surface area contributed by atoms with Crippen LogP contribution in [0.2, 0.25) is 0 Å². The molecule has 1 fully saturated rings. The van der Waals surface area contributed by atoms with E-state index in [4.69, 9.17) is 9.47 Å². The number of aromatic nitrogens is 2. The zero-order chi connectivity index (χ0) is 24.1. The maximum Gasteiger partial charge on any atom is 0.294 e. The Balaban J connectivity index is 1.52. The fourth-order valence-corrected chi connectivity index (χ4v) is 4.32. The highest BCUT2D eigenvalue weighted by Crippen LogP contribution is 2.29. The Hall–Kier alpha value is -3.55. The lowest BCUT2D eigenvalue weighted by atomic mass is 10.1. The largest absolute Gasteiger partial charge is 0.490 e. The van der Waals surface area contributed by atoms with Crippen molar-refractivity contribution in [1.29, 1.82) is 0 Å². The molecule has 3 aromatic rings. The second-order valence-electron chi connectivity index (χ2n) is 8.19. The molecule has 1 amide bonds. The minimum atomic E-state index is -0.0757. The van der Waals surface area contributed by atoms with Crippen molar-refractivity contribution < 1.29 is 14.3 Å². The van der Waals surface area contributed by atoms with Crippen LogP contribution < -0.4 is 19.9 Å². The molecule has 0 N–H and O–H groups in total. The zero-order valence-electron chi connectivity index (χ0n) is 20.1. The van der Waals surface area contributed by atoms with Gasteiger partial charge in [-0.2, -0.15) is 0 Å². The Labute approximate surface area is 199 Å². The second kappa shape index (κ2) is 10.6. The number of hydrogen-bond donors (Lipinski definition) is 0. The maximum atomic E-state index is 13.2. The van der Waals surface area contributed by atoms with E-state index in [1.54, 1.807) is 18.2 Å². The molecule has 1 saturated heterocycles. The number of hydrogen-bond acceptors (Lipinski definition) is 6. The molecule has 0 spiro atoms. The molecule has 180 valence electrons. The van der Waals surface area contributed by atoms with Gasteiger partial charge in [-0.05, 0) is 50.6 Å². The average molecular weight is 465 g/mol. The van der Waals surface area contributed by atoms with E-state index in [9.17, 15) is 9.59 Å². The number of carbonyl (C=O) groups excluding carboxylic acids is 1. The lowest BCUT2D eigenvalue weighted by Gasteiger charge is -2.35. The molecule has 0 atom stereocenters. The molecule has 1 aromatic heterocycles. The summed E-state index contributed by atoms with van der Waals surface area (Å²) < 4.78 is 13.1. The van der Waals surface area contributed by atoms with Gasteiger partial charge in [0.1, 0.15) is 0 Å². The monoisotopic (exact) mass is 464 g/mol. The van der Waals surface area contributed by atoms with Crippen LogP contribution in [0.4, 0.5) is 5.82 Å². The van der Waals surface area contributed by atoms with Gasteiger partial charge in [0.15, 0.2) is 17.3 Å². The fraction of sp³-hybridized carbons (Fsp3) is 0.423. The van der Waals surface area contributed by atoms with Crippen molar-refractivity contribution in [1.82, 2.24) is 14.5 Å². The first-order valence-electron chi connectivity index (χ1n) is 12.0. The minimum absolute atomic E-state index is 0.0569. The first kappa shape index (κ1) is 23.6. The van der Waals surface area contributed by atoms with Crippen molar-refractivity contribution in [3.05, 3.63) is 58.4 Å². The topological polar surface area (TPSA) is 76.9 Å². The van der Waals surface area contributed by atoms with Crippen molar-refractivity contribution in [2.75, 3.05) is 44.3 Å². The van der Waals surface area contributed by atoms with Gasteiger partial charge in [-0.25, -0.2) is 4.98 Å². The molecule has 0 bridgehead atoms. The van der Waals surface area contributed by atoms with Gasteiger partial charge >= 0.3 is 0 Å². The van der Waals surface area contributed by atoms with Crippen LogP contribution in [0.5, 0.6) is 11.5 Å². The first-order valence-corrected chi connectivity index (χ1v) is 12.0. The van der Waals surface area contributed by atoms with Crippen LogP contribution in [-0.2, 0) is 6.54 Å². The Morgan fingerprint density at radius 2 is 1.65 bits per heavy atom. The van der Waals surface area contributed by atoms with E-state index in [0.29, 0.717) is 68.8 Å². The van der Waals surface area contributed by atoms with Gasteiger partial charge < -0.3 is 23.8 Å². The number of carbonyl (C=O) groups is 1. The van der Waals surface area contributed by atoms with Gasteiger partial charge in [0.25, 0.3) is 11.5 Å². The number of aryl methyl sites for hydroxylation is 1. The number of fused-ring (bicyclic) bond motifs is 1. The lowest BCUT2D eigenvalue weighted by Crippen LogP contribution is -2.50. The van der Waals surface area contributed by atoms with Crippen LogP contribution in [0.1, 0.15) is 37.6 Å². The van der Waals surface area contributed by atoms with Crippen molar-refractivity contribution in [3.8, 4) is 11.5 Å². The van der Waals surface area contributed by atoms with Crippen LogP contribution in [0.25, 0.3) is 11.0 Å². The Morgan fingerprint density at radius 1 is 0.941 bits per heavy atom. The number of nitrogens with zero attached hydrogens (tertiary/aromatic N) is 4. The third-order valence-corrected chi connectivity index (χ3v) is 5.94. The summed E-state index contributed by atoms with van der Waals surface area (Å²) in [5, 5.41) is 0. The summed E-state index contributed by atoms with van der Waals surface area (Å²) in [4.78, 5) is 34.9. The average Bonchev–Trinajstić information content (AvgIpc) is 2.86. The van der Waals surface area contributed by atoms with E-state index < -0.39 is 0 Å². The number of amides is 1. The molecule has 34 heavy (non-hydrogen) atoms. The molecule has 4 rings (SSSR count). The van der Waals surface area contributed by atoms with Crippen molar-refractivity contribution >= 4 is 22.8 Å². The normalized spacial score (nSPS) is 13.9. The van der Waals surface area contributed by atoms with E-state index in [2.05, 4.69) is 11.9 Å². The minimum Gasteiger partial charge on any atom is -0.490 e. The molecular formula is C26H32N4O4. The summed E-state index contributed by atoms with van der Waals surface area (Å²) in [6.45, 7) is 9.66. The number of rotatable bonds is 8. The van der Waals surface area contributed by atoms with Gasteiger partial charge in [0.2, 0.25) is 0 Å². The Kier molecular flexibility index (Phi) is 7.35. The number of piperazine rings is 1. The van der Waals surface area contributed by atoms with E-state index in [-0.39, 0.29) is 11.5 Å². The third kappa shape index (κ3) is 4.71. The highest BCUT2D eigenvalue weighted by atomic mass is 16.5.